The minimum atomic E-state index is 0.497. The van der Waals surface area contributed by atoms with Crippen LogP contribution in [-0.2, 0) is 4.74 Å². The van der Waals surface area contributed by atoms with Crippen molar-refractivity contribution in [3.05, 3.63) is 0 Å². The fourth-order valence-corrected chi connectivity index (χ4v) is 3.92. The molecule has 19 heavy (non-hydrogen) atoms. The van der Waals surface area contributed by atoms with E-state index in [0.29, 0.717) is 5.54 Å². The van der Waals surface area contributed by atoms with Crippen LogP contribution in [0.3, 0.4) is 0 Å². The topological polar surface area (TPSA) is 24.5 Å². The Bertz CT molecular complexity index is 251. The largest absolute Gasteiger partial charge is 0.385 e. The number of methoxy groups -OCH3 is 1. The predicted molar refractivity (Wildman–Crippen MR) is 80.6 cm³/mol. The van der Waals surface area contributed by atoms with E-state index in [-0.39, 0.29) is 0 Å². The van der Waals surface area contributed by atoms with E-state index in [1.54, 1.807) is 7.11 Å². The van der Waals surface area contributed by atoms with E-state index < -0.39 is 0 Å². The van der Waals surface area contributed by atoms with E-state index in [1.165, 1.54) is 71.0 Å². The lowest BCUT2D eigenvalue weighted by Crippen LogP contribution is -2.63. The second-order valence-electron chi connectivity index (χ2n) is 6.44. The summed E-state index contributed by atoms with van der Waals surface area (Å²) in [5.41, 5.74) is 0.497. The molecule has 1 saturated heterocycles. The normalized spacial score (nSPS) is 27.2. The van der Waals surface area contributed by atoms with Crippen LogP contribution in [0, 0.1) is 0 Å². The van der Waals surface area contributed by atoms with E-state index in [2.05, 4.69) is 17.1 Å². The summed E-state index contributed by atoms with van der Waals surface area (Å²) in [6, 6.07) is 0.721. The third kappa shape index (κ3) is 3.93. The number of rotatable bonds is 7. The third-order valence-corrected chi connectivity index (χ3v) is 5.03. The molecule has 0 aromatic heterocycles. The number of unbranched alkanes of at least 4 members (excludes halogenated alkanes) is 1. The van der Waals surface area contributed by atoms with Crippen molar-refractivity contribution in [1.29, 1.82) is 0 Å². The van der Waals surface area contributed by atoms with Crippen molar-refractivity contribution in [3.8, 4) is 0 Å². The lowest BCUT2D eigenvalue weighted by Gasteiger charge is -2.48. The van der Waals surface area contributed by atoms with Gasteiger partial charge in [0.05, 0.1) is 0 Å². The summed E-state index contributed by atoms with van der Waals surface area (Å²) >= 11 is 0. The van der Waals surface area contributed by atoms with Crippen LogP contribution in [0.25, 0.3) is 0 Å². The van der Waals surface area contributed by atoms with E-state index in [4.69, 9.17) is 4.74 Å². The highest BCUT2D eigenvalue weighted by molar-refractivity contribution is 5.01. The van der Waals surface area contributed by atoms with Crippen LogP contribution >= 0.6 is 0 Å². The number of hydrogen-bond donors (Lipinski definition) is 1. The Morgan fingerprint density at radius 3 is 2.74 bits per heavy atom. The lowest BCUT2D eigenvalue weighted by molar-refractivity contribution is 0.0378. The van der Waals surface area contributed by atoms with Crippen LogP contribution in [0.1, 0.15) is 58.3 Å². The summed E-state index contributed by atoms with van der Waals surface area (Å²) in [6.45, 7) is 6.97. The summed E-state index contributed by atoms with van der Waals surface area (Å²) in [6.07, 6.45) is 10.8. The van der Waals surface area contributed by atoms with Gasteiger partial charge in [0.15, 0.2) is 0 Å². The second-order valence-corrected chi connectivity index (χ2v) is 6.44. The molecular formula is C16H32N2O. The molecule has 0 aromatic carbocycles. The van der Waals surface area contributed by atoms with Gasteiger partial charge in [-0.25, -0.2) is 0 Å². The Morgan fingerprint density at radius 2 is 2.05 bits per heavy atom. The van der Waals surface area contributed by atoms with Gasteiger partial charge < -0.3 is 10.1 Å². The molecule has 2 fully saturated rings. The van der Waals surface area contributed by atoms with E-state index in [1.807, 2.05) is 0 Å². The van der Waals surface area contributed by atoms with Gasteiger partial charge in [-0.1, -0.05) is 26.2 Å². The minimum Gasteiger partial charge on any atom is -0.385 e. The first-order valence-electron chi connectivity index (χ1n) is 8.28. The quantitative estimate of drug-likeness (QED) is 0.719. The Morgan fingerprint density at radius 1 is 1.26 bits per heavy atom. The maximum absolute atomic E-state index is 5.18. The summed E-state index contributed by atoms with van der Waals surface area (Å²) in [4.78, 5) is 2.83. The molecule has 1 spiro atoms. The van der Waals surface area contributed by atoms with Crippen molar-refractivity contribution in [3.63, 3.8) is 0 Å². The molecule has 2 rings (SSSR count). The average Bonchev–Trinajstić information content (AvgIpc) is 2.88. The SMILES string of the molecule is CCCC1CN(CCCCOC)C2(CCCC2)CN1. The maximum atomic E-state index is 5.18. The van der Waals surface area contributed by atoms with Gasteiger partial charge in [0, 0.05) is 38.4 Å². The fourth-order valence-electron chi connectivity index (χ4n) is 3.92. The molecule has 1 atom stereocenters. The molecule has 0 radical (unpaired) electrons. The summed E-state index contributed by atoms with van der Waals surface area (Å²) in [5, 5.41) is 3.82. The number of hydrogen-bond acceptors (Lipinski definition) is 3. The first-order valence-corrected chi connectivity index (χ1v) is 8.28. The zero-order valence-corrected chi connectivity index (χ0v) is 12.9. The Labute approximate surface area is 119 Å². The lowest BCUT2D eigenvalue weighted by atomic mass is 9.89. The zero-order chi connectivity index (χ0) is 13.6. The molecule has 1 saturated carbocycles. The zero-order valence-electron chi connectivity index (χ0n) is 12.9. The number of nitrogens with zero attached hydrogens (tertiary/aromatic N) is 1. The third-order valence-electron chi connectivity index (χ3n) is 5.03. The first-order chi connectivity index (χ1) is 9.30. The molecular weight excluding hydrogens is 236 g/mol. The Hall–Kier alpha value is -0.120. The highest BCUT2D eigenvalue weighted by atomic mass is 16.5. The van der Waals surface area contributed by atoms with Gasteiger partial charge in [-0.3, -0.25) is 4.90 Å². The van der Waals surface area contributed by atoms with Crippen molar-refractivity contribution < 1.29 is 4.74 Å². The van der Waals surface area contributed by atoms with Gasteiger partial charge in [0.1, 0.15) is 0 Å². The molecule has 0 bridgehead atoms. The summed E-state index contributed by atoms with van der Waals surface area (Å²) in [5.74, 6) is 0. The van der Waals surface area contributed by atoms with Crippen molar-refractivity contribution in [1.82, 2.24) is 10.2 Å². The fraction of sp³-hybridized carbons (Fsp3) is 1.00. The van der Waals surface area contributed by atoms with Gasteiger partial charge in [-0.15, -0.1) is 0 Å². The number of nitrogens with one attached hydrogen (secondary N) is 1. The highest BCUT2D eigenvalue weighted by Crippen LogP contribution is 2.37. The number of ether oxygens (including phenoxy) is 1. The van der Waals surface area contributed by atoms with Gasteiger partial charge in [0.25, 0.3) is 0 Å². The summed E-state index contributed by atoms with van der Waals surface area (Å²) in [7, 11) is 1.81. The molecule has 0 amide bonds. The molecule has 1 unspecified atom stereocenters. The first kappa shape index (κ1) is 15.3. The van der Waals surface area contributed by atoms with Crippen molar-refractivity contribution in [2.24, 2.45) is 0 Å². The molecule has 112 valence electrons. The van der Waals surface area contributed by atoms with Crippen LogP contribution in [0.5, 0.6) is 0 Å². The smallest absolute Gasteiger partial charge is 0.0462 e. The Kier molecular flexibility index (Phi) is 6.11. The maximum Gasteiger partial charge on any atom is 0.0462 e. The molecule has 1 N–H and O–H groups in total. The van der Waals surface area contributed by atoms with Gasteiger partial charge in [-0.2, -0.15) is 0 Å². The van der Waals surface area contributed by atoms with Crippen LogP contribution in [0.4, 0.5) is 0 Å². The molecule has 1 aliphatic heterocycles. The minimum absolute atomic E-state index is 0.497. The summed E-state index contributed by atoms with van der Waals surface area (Å²) < 4.78 is 5.18. The van der Waals surface area contributed by atoms with Crippen molar-refractivity contribution >= 4 is 0 Å². The Balaban J connectivity index is 1.87. The molecule has 3 heteroatoms. The predicted octanol–water partition coefficient (Wildman–Crippen LogP) is 2.80. The molecule has 1 heterocycles. The molecule has 2 aliphatic rings. The standard InChI is InChI=1S/C16H32N2O/c1-3-8-15-13-18(11-6-7-12-19-2)16(14-17-15)9-4-5-10-16/h15,17H,3-14H2,1-2H3. The van der Waals surface area contributed by atoms with Crippen LogP contribution in [0.15, 0.2) is 0 Å². The van der Waals surface area contributed by atoms with Crippen LogP contribution < -0.4 is 5.32 Å². The van der Waals surface area contributed by atoms with E-state index >= 15 is 0 Å². The van der Waals surface area contributed by atoms with Gasteiger partial charge in [0.2, 0.25) is 0 Å². The van der Waals surface area contributed by atoms with Gasteiger partial charge >= 0.3 is 0 Å². The number of piperazine rings is 1. The van der Waals surface area contributed by atoms with Crippen molar-refractivity contribution in [2.75, 3.05) is 33.4 Å². The van der Waals surface area contributed by atoms with Gasteiger partial charge in [-0.05, 0) is 38.6 Å². The molecule has 0 aromatic rings. The van der Waals surface area contributed by atoms with Crippen molar-refractivity contribution in [2.45, 2.75) is 69.9 Å². The highest BCUT2D eigenvalue weighted by Gasteiger charge is 2.42. The monoisotopic (exact) mass is 268 g/mol. The molecule has 1 aliphatic carbocycles. The van der Waals surface area contributed by atoms with Crippen LogP contribution in [0.2, 0.25) is 0 Å². The van der Waals surface area contributed by atoms with E-state index in [0.717, 1.165) is 12.6 Å². The molecule has 3 nitrogen and oxygen atoms in total. The van der Waals surface area contributed by atoms with E-state index in [9.17, 15) is 0 Å². The average molecular weight is 268 g/mol. The second kappa shape index (κ2) is 7.61. The van der Waals surface area contributed by atoms with Crippen LogP contribution in [-0.4, -0.2) is 49.8 Å².